The van der Waals surface area contributed by atoms with Crippen molar-refractivity contribution in [2.75, 3.05) is 0 Å². The van der Waals surface area contributed by atoms with E-state index >= 15 is 0 Å². The number of fused-ring (bicyclic) bond motifs is 1. The van der Waals surface area contributed by atoms with Crippen LogP contribution < -0.4 is 0 Å². The molecule has 1 aromatic heterocycles. The third kappa shape index (κ3) is 2.99. The SMILES string of the molecule is CC1=C(Cc2nn[nH]n2)c2ccccc2/C1=C\c1ccc(C(C)C)cc1. The van der Waals surface area contributed by atoms with Crippen molar-refractivity contribution in [1.82, 2.24) is 20.6 Å². The van der Waals surface area contributed by atoms with Crippen LogP contribution in [0.4, 0.5) is 0 Å². The fourth-order valence-electron chi connectivity index (χ4n) is 3.52. The van der Waals surface area contributed by atoms with Gasteiger partial charge in [-0.05, 0) is 57.9 Å². The van der Waals surface area contributed by atoms with Gasteiger partial charge >= 0.3 is 0 Å². The van der Waals surface area contributed by atoms with Gasteiger partial charge in [-0.2, -0.15) is 5.21 Å². The molecule has 130 valence electrons. The number of benzene rings is 2. The number of hydrogen-bond acceptors (Lipinski definition) is 3. The Balaban J connectivity index is 1.76. The molecule has 0 atom stereocenters. The summed E-state index contributed by atoms with van der Waals surface area (Å²) < 4.78 is 0. The number of hydrogen-bond donors (Lipinski definition) is 1. The highest BCUT2D eigenvalue weighted by Gasteiger charge is 2.24. The molecule has 1 aliphatic rings. The normalized spacial score (nSPS) is 15.2. The molecule has 0 unspecified atom stereocenters. The van der Waals surface area contributed by atoms with E-state index in [2.05, 4.69) is 96.0 Å². The standard InChI is InChI=1S/C22H22N4/c1-14(2)17-10-8-16(9-11-17)12-20-15(3)21(13-22-23-25-26-24-22)19-7-5-4-6-18(19)20/h4-12,14H,13H2,1-3H3,(H,23,24,25,26)/b20-12-. The molecule has 26 heavy (non-hydrogen) atoms. The number of nitrogens with one attached hydrogen (secondary N) is 1. The van der Waals surface area contributed by atoms with Crippen LogP contribution in [-0.2, 0) is 6.42 Å². The summed E-state index contributed by atoms with van der Waals surface area (Å²) in [5, 5.41) is 14.5. The molecular weight excluding hydrogens is 320 g/mol. The molecule has 0 fully saturated rings. The molecule has 4 rings (SSSR count). The Labute approximate surface area is 153 Å². The van der Waals surface area contributed by atoms with E-state index in [-0.39, 0.29) is 0 Å². The number of H-pyrrole nitrogens is 1. The van der Waals surface area contributed by atoms with Crippen LogP contribution in [0.2, 0.25) is 0 Å². The molecule has 0 radical (unpaired) electrons. The second kappa shape index (κ2) is 6.71. The van der Waals surface area contributed by atoms with Crippen molar-refractivity contribution in [1.29, 1.82) is 0 Å². The Kier molecular flexibility index (Phi) is 4.25. The number of nitrogens with zero attached hydrogens (tertiary/aromatic N) is 3. The van der Waals surface area contributed by atoms with Gasteiger partial charge in [0.2, 0.25) is 0 Å². The molecule has 0 saturated heterocycles. The van der Waals surface area contributed by atoms with Crippen molar-refractivity contribution < 1.29 is 0 Å². The van der Waals surface area contributed by atoms with Gasteiger partial charge < -0.3 is 0 Å². The van der Waals surface area contributed by atoms with Crippen LogP contribution in [0.3, 0.4) is 0 Å². The van der Waals surface area contributed by atoms with Gasteiger partial charge in [-0.1, -0.05) is 67.6 Å². The maximum atomic E-state index is 4.12. The first-order chi connectivity index (χ1) is 12.6. The van der Waals surface area contributed by atoms with Crippen LogP contribution in [0.25, 0.3) is 17.2 Å². The first kappa shape index (κ1) is 16.5. The average Bonchev–Trinajstić information content (AvgIpc) is 3.25. The summed E-state index contributed by atoms with van der Waals surface area (Å²) in [7, 11) is 0. The number of allylic oxidation sites excluding steroid dienone is 3. The highest BCUT2D eigenvalue weighted by Crippen LogP contribution is 2.43. The second-order valence-electron chi connectivity index (χ2n) is 7.03. The van der Waals surface area contributed by atoms with Gasteiger partial charge in [-0.25, -0.2) is 0 Å². The van der Waals surface area contributed by atoms with E-state index in [0.717, 1.165) is 5.82 Å². The minimum Gasteiger partial charge on any atom is -0.177 e. The Morgan fingerprint density at radius 3 is 2.38 bits per heavy atom. The van der Waals surface area contributed by atoms with Crippen molar-refractivity contribution in [2.24, 2.45) is 0 Å². The molecular formula is C22H22N4. The smallest absolute Gasteiger partial charge is 0.177 e. The van der Waals surface area contributed by atoms with E-state index in [9.17, 15) is 0 Å². The van der Waals surface area contributed by atoms with E-state index < -0.39 is 0 Å². The van der Waals surface area contributed by atoms with Gasteiger partial charge in [0.15, 0.2) is 5.82 Å². The van der Waals surface area contributed by atoms with Crippen molar-refractivity contribution >= 4 is 17.2 Å². The average molecular weight is 342 g/mol. The predicted octanol–water partition coefficient (Wildman–Crippen LogP) is 4.89. The number of aromatic nitrogens is 4. The maximum absolute atomic E-state index is 4.12. The van der Waals surface area contributed by atoms with Crippen LogP contribution in [0, 0.1) is 0 Å². The lowest BCUT2D eigenvalue weighted by molar-refractivity contribution is 0.866. The lowest BCUT2D eigenvalue weighted by atomic mass is 9.98. The molecule has 4 nitrogen and oxygen atoms in total. The van der Waals surface area contributed by atoms with Crippen molar-refractivity contribution in [3.63, 3.8) is 0 Å². The van der Waals surface area contributed by atoms with Crippen LogP contribution in [0.1, 0.15) is 54.8 Å². The van der Waals surface area contributed by atoms with E-state index in [4.69, 9.17) is 0 Å². The highest BCUT2D eigenvalue weighted by molar-refractivity contribution is 6.05. The monoisotopic (exact) mass is 342 g/mol. The molecule has 4 heteroatoms. The van der Waals surface area contributed by atoms with Gasteiger partial charge in [0.25, 0.3) is 0 Å². The Morgan fingerprint density at radius 1 is 1.00 bits per heavy atom. The quantitative estimate of drug-likeness (QED) is 0.734. The summed E-state index contributed by atoms with van der Waals surface area (Å²) in [5.74, 6) is 1.27. The van der Waals surface area contributed by atoms with Crippen molar-refractivity contribution in [3.05, 3.63) is 82.2 Å². The van der Waals surface area contributed by atoms with Crippen LogP contribution in [0.15, 0.2) is 54.1 Å². The Morgan fingerprint density at radius 2 is 1.73 bits per heavy atom. The maximum Gasteiger partial charge on any atom is 0.178 e. The third-order valence-electron chi connectivity index (χ3n) is 5.04. The van der Waals surface area contributed by atoms with Gasteiger partial charge in [-0.15, -0.1) is 10.2 Å². The van der Waals surface area contributed by atoms with Gasteiger partial charge in [-0.3, -0.25) is 0 Å². The summed E-state index contributed by atoms with van der Waals surface area (Å²) in [6, 6.07) is 17.4. The number of tetrazole rings is 1. The number of aromatic amines is 1. The summed E-state index contributed by atoms with van der Waals surface area (Å²) >= 11 is 0. The second-order valence-corrected chi connectivity index (χ2v) is 7.03. The molecule has 0 spiro atoms. The largest absolute Gasteiger partial charge is 0.178 e. The summed E-state index contributed by atoms with van der Waals surface area (Å²) in [6.45, 7) is 6.62. The van der Waals surface area contributed by atoms with Crippen molar-refractivity contribution in [2.45, 2.75) is 33.1 Å². The van der Waals surface area contributed by atoms with E-state index in [1.54, 1.807) is 0 Å². The first-order valence-electron chi connectivity index (χ1n) is 8.97. The molecule has 1 aliphatic carbocycles. The highest BCUT2D eigenvalue weighted by atomic mass is 15.5. The molecule has 0 saturated carbocycles. The lowest BCUT2D eigenvalue weighted by Crippen LogP contribution is -1.93. The van der Waals surface area contributed by atoms with Crippen LogP contribution >= 0.6 is 0 Å². The fraction of sp³-hybridized carbons (Fsp3) is 0.227. The zero-order chi connectivity index (χ0) is 18.1. The van der Waals surface area contributed by atoms with Crippen molar-refractivity contribution in [3.8, 4) is 0 Å². The predicted molar refractivity (Wildman–Crippen MR) is 105 cm³/mol. The summed E-state index contributed by atoms with van der Waals surface area (Å²) in [6.07, 6.45) is 2.96. The van der Waals surface area contributed by atoms with Crippen LogP contribution in [-0.4, -0.2) is 20.6 Å². The third-order valence-corrected chi connectivity index (χ3v) is 5.04. The number of rotatable bonds is 4. The topological polar surface area (TPSA) is 54.5 Å². The molecule has 1 heterocycles. The van der Waals surface area contributed by atoms with E-state index in [1.807, 2.05) is 0 Å². The minimum atomic E-state index is 0.548. The summed E-state index contributed by atoms with van der Waals surface area (Å²) in [5.41, 5.74) is 8.95. The molecule has 3 aromatic rings. The first-order valence-corrected chi connectivity index (χ1v) is 8.97. The fourth-order valence-corrected chi connectivity index (χ4v) is 3.52. The molecule has 0 bridgehead atoms. The van der Waals surface area contributed by atoms with Crippen LogP contribution in [0.5, 0.6) is 0 Å². The summed E-state index contributed by atoms with van der Waals surface area (Å²) in [4.78, 5) is 0. The molecule has 1 N–H and O–H groups in total. The Bertz CT molecular complexity index is 977. The zero-order valence-electron chi connectivity index (χ0n) is 15.3. The zero-order valence-corrected chi connectivity index (χ0v) is 15.3. The van der Waals surface area contributed by atoms with Gasteiger partial charge in [0, 0.05) is 6.42 Å². The minimum absolute atomic E-state index is 0.548. The van der Waals surface area contributed by atoms with Gasteiger partial charge in [0.1, 0.15) is 0 Å². The molecule has 2 aromatic carbocycles. The molecule has 0 amide bonds. The molecule has 0 aliphatic heterocycles. The van der Waals surface area contributed by atoms with E-state index in [0.29, 0.717) is 12.3 Å². The Hall–Kier alpha value is -3.01. The van der Waals surface area contributed by atoms with E-state index in [1.165, 1.54) is 39.0 Å². The van der Waals surface area contributed by atoms with Gasteiger partial charge in [0.05, 0.1) is 0 Å². The lowest BCUT2D eigenvalue weighted by Gasteiger charge is -2.07.